The van der Waals surface area contributed by atoms with Gasteiger partial charge in [0.2, 0.25) is 0 Å². The summed E-state index contributed by atoms with van der Waals surface area (Å²) < 4.78 is 41.2. The van der Waals surface area contributed by atoms with E-state index in [1.165, 1.54) is 12.5 Å². The van der Waals surface area contributed by atoms with Crippen LogP contribution in [-0.4, -0.2) is 29.5 Å². The first-order valence-corrected chi connectivity index (χ1v) is 8.01. The third kappa shape index (κ3) is 3.51. The molecule has 2 aromatic rings. The summed E-state index contributed by atoms with van der Waals surface area (Å²) in [5.74, 6) is -2.76. The highest BCUT2D eigenvalue weighted by Gasteiger charge is 2.20. The minimum absolute atomic E-state index is 0.181. The second-order valence-corrected chi connectivity index (χ2v) is 6.04. The van der Waals surface area contributed by atoms with Crippen molar-refractivity contribution in [1.82, 2.24) is 9.88 Å². The van der Waals surface area contributed by atoms with Crippen LogP contribution in [0, 0.1) is 24.4 Å². The first-order chi connectivity index (χ1) is 11.6. The van der Waals surface area contributed by atoms with Crippen molar-refractivity contribution in [3.63, 3.8) is 0 Å². The second-order valence-electron chi connectivity index (χ2n) is 6.04. The molecule has 126 valence electrons. The molecule has 0 atom stereocenters. The molecule has 0 saturated heterocycles. The fourth-order valence-corrected chi connectivity index (χ4v) is 2.96. The molecule has 0 amide bonds. The van der Waals surface area contributed by atoms with Gasteiger partial charge >= 0.3 is 0 Å². The molecule has 0 aliphatic carbocycles. The number of hydrogen-bond acceptors (Lipinski definition) is 2. The third-order valence-electron chi connectivity index (χ3n) is 4.48. The van der Waals surface area contributed by atoms with E-state index in [1.54, 1.807) is 12.4 Å². The van der Waals surface area contributed by atoms with Gasteiger partial charge in [-0.1, -0.05) is 6.08 Å². The van der Waals surface area contributed by atoms with E-state index in [1.807, 2.05) is 18.2 Å². The Hall–Kier alpha value is -2.14. The Morgan fingerprint density at radius 3 is 2.54 bits per heavy atom. The third-order valence-corrected chi connectivity index (χ3v) is 4.48. The van der Waals surface area contributed by atoms with Gasteiger partial charge in [-0.25, -0.2) is 13.2 Å². The van der Waals surface area contributed by atoms with Gasteiger partial charge in [-0.15, -0.1) is 0 Å². The minimum atomic E-state index is -1.10. The van der Waals surface area contributed by atoms with E-state index in [-0.39, 0.29) is 11.1 Å². The summed E-state index contributed by atoms with van der Waals surface area (Å²) in [6, 6.07) is 4.95. The molecule has 0 N–H and O–H groups in total. The number of benzene rings is 1. The Kier molecular flexibility index (Phi) is 5.00. The second kappa shape index (κ2) is 7.18. The lowest BCUT2D eigenvalue weighted by Crippen LogP contribution is -2.30. The predicted molar refractivity (Wildman–Crippen MR) is 88.0 cm³/mol. The Labute approximate surface area is 139 Å². The van der Waals surface area contributed by atoms with Gasteiger partial charge in [-0.2, -0.15) is 0 Å². The molecule has 2 nitrogen and oxygen atoms in total. The molecule has 0 fully saturated rings. The SMILES string of the molecule is Cc1c(F)c(F)cc(C2=CCN(CCc3ccncc3)CC2)c1F. The lowest BCUT2D eigenvalue weighted by molar-refractivity contribution is 0.305. The van der Waals surface area contributed by atoms with Crippen LogP contribution in [0.5, 0.6) is 0 Å². The molecule has 0 saturated carbocycles. The van der Waals surface area contributed by atoms with Crippen molar-refractivity contribution in [3.05, 3.63) is 70.8 Å². The van der Waals surface area contributed by atoms with E-state index >= 15 is 0 Å². The summed E-state index contributed by atoms with van der Waals surface area (Å²) >= 11 is 0. The molecule has 3 rings (SSSR count). The number of nitrogens with zero attached hydrogens (tertiary/aromatic N) is 2. The largest absolute Gasteiger partial charge is 0.299 e. The van der Waals surface area contributed by atoms with E-state index in [0.717, 1.165) is 31.1 Å². The summed E-state index contributed by atoms with van der Waals surface area (Å²) in [6.07, 6.45) is 7.00. The number of aromatic nitrogens is 1. The molecular formula is C19H19F3N2. The van der Waals surface area contributed by atoms with Crippen molar-refractivity contribution in [3.8, 4) is 0 Å². The molecule has 5 heteroatoms. The molecule has 24 heavy (non-hydrogen) atoms. The molecule has 1 aromatic carbocycles. The Balaban J connectivity index is 1.68. The molecule has 0 spiro atoms. The van der Waals surface area contributed by atoms with Crippen LogP contribution in [0.15, 0.2) is 36.7 Å². The number of pyridine rings is 1. The zero-order valence-electron chi connectivity index (χ0n) is 13.5. The van der Waals surface area contributed by atoms with Crippen molar-refractivity contribution in [2.45, 2.75) is 19.8 Å². The Morgan fingerprint density at radius 2 is 1.88 bits per heavy atom. The van der Waals surface area contributed by atoms with Crippen molar-refractivity contribution in [2.24, 2.45) is 0 Å². The monoisotopic (exact) mass is 332 g/mol. The first-order valence-electron chi connectivity index (χ1n) is 8.01. The van der Waals surface area contributed by atoms with Gasteiger partial charge in [0.15, 0.2) is 11.6 Å². The van der Waals surface area contributed by atoms with Crippen LogP contribution < -0.4 is 0 Å². The fourth-order valence-electron chi connectivity index (χ4n) is 2.96. The normalized spacial score (nSPS) is 15.4. The summed E-state index contributed by atoms with van der Waals surface area (Å²) in [5.41, 5.74) is 1.89. The zero-order chi connectivity index (χ0) is 17.1. The Morgan fingerprint density at radius 1 is 1.12 bits per heavy atom. The zero-order valence-corrected chi connectivity index (χ0v) is 13.5. The van der Waals surface area contributed by atoms with Crippen LogP contribution in [0.4, 0.5) is 13.2 Å². The molecule has 1 aliphatic rings. The highest BCUT2D eigenvalue weighted by molar-refractivity contribution is 5.68. The van der Waals surface area contributed by atoms with Gasteiger partial charge in [0.1, 0.15) is 5.82 Å². The van der Waals surface area contributed by atoms with Crippen LogP contribution >= 0.6 is 0 Å². The van der Waals surface area contributed by atoms with Gasteiger partial charge in [0.05, 0.1) is 0 Å². The van der Waals surface area contributed by atoms with Crippen molar-refractivity contribution >= 4 is 5.57 Å². The van der Waals surface area contributed by atoms with Crippen LogP contribution in [0.1, 0.15) is 23.1 Å². The lowest BCUT2D eigenvalue weighted by Gasteiger charge is -2.26. The average Bonchev–Trinajstić information content (AvgIpc) is 2.62. The summed E-state index contributed by atoms with van der Waals surface area (Å²) in [4.78, 5) is 6.25. The van der Waals surface area contributed by atoms with E-state index in [9.17, 15) is 13.2 Å². The standard InChI is InChI=1S/C19H19F3N2/c1-13-18(21)16(12-17(20)19(13)22)15-5-10-24(11-6-15)9-4-14-2-7-23-8-3-14/h2-3,5,7-8,12H,4,6,9-11H2,1H3. The molecule has 2 heterocycles. The highest BCUT2D eigenvalue weighted by Crippen LogP contribution is 2.29. The summed E-state index contributed by atoms with van der Waals surface area (Å²) in [6.45, 7) is 3.61. The van der Waals surface area contributed by atoms with E-state index < -0.39 is 17.5 Å². The van der Waals surface area contributed by atoms with Gasteiger partial charge in [0, 0.05) is 43.2 Å². The summed E-state index contributed by atoms with van der Waals surface area (Å²) in [5, 5.41) is 0. The topological polar surface area (TPSA) is 16.1 Å². The van der Waals surface area contributed by atoms with Crippen LogP contribution in [0.3, 0.4) is 0 Å². The summed E-state index contributed by atoms with van der Waals surface area (Å²) in [7, 11) is 0. The maximum Gasteiger partial charge on any atom is 0.164 e. The molecule has 0 radical (unpaired) electrons. The first kappa shape index (κ1) is 16.7. The van der Waals surface area contributed by atoms with E-state index in [0.29, 0.717) is 13.0 Å². The molecular weight excluding hydrogens is 313 g/mol. The minimum Gasteiger partial charge on any atom is -0.299 e. The number of halogens is 3. The van der Waals surface area contributed by atoms with Gasteiger partial charge in [-0.05, 0) is 49.1 Å². The quantitative estimate of drug-likeness (QED) is 0.782. The molecule has 0 bridgehead atoms. The van der Waals surface area contributed by atoms with Gasteiger partial charge in [-0.3, -0.25) is 9.88 Å². The average molecular weight is 332 g/mol. The van der Waals surface area contributed by atoms with E-state index in [4.69, 9.17) is 0 Å². The maximum absolute atomic E-state index is 14.2. The highest BCUT2D eigenvalue weighted by atomic mass is 19.2. The molecule has 1 aliphatic heterocycles. The fraction of sp³-hybridized carbons (Fsp3) is 0.316. The van der Waals surface area contributed by atoms with Crippen molar-refractivity contribution in [2.75, 3.05) is 19.6 Å². The molecule has 1 aromatic heterocycles. The maximum atomic E-state index is 14.2. The van der Waals surface area contributed by atoms with Crippen molar-refractivity contribution in [1.29, 1.82) is 0 Å². The molecule has 0 unspecified atom stereocenters. The lowest BCUT2D eigenvalue weighted by atomic mass is 9.96. The Bertz CT molecular complexity index is 757. The predicted octanol–water partition coefficient (Wildman–Crippen LogP) is 4.14. The van der Waals surface area contributed by atoms with E-state index in [2.05, 4.69) is 9.88 Å². The van der Waals surface area contributed by atoms with Crippen LogP contribution in [0.25, 0.3) is 5.57 Å². The number of rotatable bonds is 4. The van der Waals surface area contributed by atoms with Gasteiger partial charge < -0.3 is 0 Å². The van der Waals surface area contributed by atoms with Crippen LogP contribution in [0.2, 0.25) is 0 Å². The van der Waals surface area contributed by atoms with Crippen molar-refractivity contribution < 1.29 is 13.2 Å². The van der Waals surface area contributed by atoms with Crippen LogP contribution in [-0.2, 0) is 6.42 Å². The van der Waals surface area contributed by atoms with Gasteiger partial charge in [0.25, 0.3) is 0 Å². The number of hydrogen-bond donors (Lipinski definition) is 0. The smallest absolute Gasteiger partial charge is 0.164 e.